The third kappa shape index (κ3) is 5.84. The SMILES string of the molecule is O=C(CSc1n[nH]c(-c2ccc(Cl)cc2)[n+]1C1CCCCC1)N/N=C/c1ccccc1C(=O)O. The maximum atomic E-state index is 12.4. The predicted molar refractivity (Wildman–Crippen MR) is 131 cm³/mol. The van der Waals surface area contributed by atoms with E-state index >= 15 is 0 Å². The zero-order valence-electron chi connectivity index (χ0n) is 18.4. The van der Waals surface area contributed by atoms with Gasteiger partial charge in [0.25, 0.3) is 11.7 Å². The third-order valence-electron chi connectivity index (χ3n) is 5.68. The van der Waals surface area contributed by atoms with Crippen LogP contribution in [0.3, 0.4) is 0 Å². The van der Waals surface area contributed by atoms with Gasteiger partial charge in [-0.1, -0.05) is 36.2 Å². The quantitative estimate of drug-likeness (QED) is 0.184. The number of H-pyrrole nitrogens is 1. The molecule has 34 heavy (non-hydrogen) atoms. The fourth-order valence-electron chi connectivity index (χ4n) is 4.04. The second-order valence-corrected chi connectivity index (χ2v) is 9.38. The number of hydrogen-bond donors (Lipinski definition) is 3. The molecule has 176 valence electrons. The molecule has 1 saturated carbocycles. The molecule has 0 atom stereocenters. The number of rotatable bonds is 8. The number of nitrogens with one attached hydrogen (secondary N) is 2. The van der Waals surface area contributed by atoms with E-state index in [4.69, 9.17) is 11.6 Å². The van der Waals surface area contributed by atoms with E-state index in [1.165, 1.54) is 43.3 Å². The molecule has 2 aromatic carbocycles. The molecule has 1 aliphatic carbocycles. The number of carboxylic acids is 1. The molecule has 1 heterocycles. The van der Waals surface area contributed by atoms with Gasteiger partial charge >= 0.3 is 11.1 Å². The van der Waals surface area contributed by atoms with Crippen LogP contribution < -0.4 is 9.99 Å². The fraction of sp³-hybridized carbons (Fsp3) is 0.292. The minimum atomic E-state index is -1.05. The van der Waals surface area contributed by atoms with E-state index in [2.05, 4.69) is 25.3 Å². The van der Waals surface area contributed by atoms with Crippen LogP contribution in [0, 0.1) is 0 Å². The molecule has 1 aliphatic rings. The zero-order chi connectivity index (χ0) is 23.9. The summed E-state index contributed by atoms with van der Waals surface area (Å²) in [6.45, 7) is 0. The average molecular weight is 499 g/mol. The summed E-state index contributed by atoms with van der Waals surface area (Å²) in [5.41, 5.74) is 3.99. The summed E-state index contributed by atoms with van der Waals surface area (Å²) in [4.78, 5) is 23.7. The van der Waals surface area contributed by atoms with Crippen LogP contribution in [0.5, 0.6) is 0 Å². The number of halogens is 1. The van der Waals surface area contributed by atoms with E-state index in [0.29, 0.717) is 16.6 Å². The van der Waals surface area contributed by atoms with E-state index in [9.17, 15) is 14.7 Å². The number of hydrogen-bond acceptors (Lipinski definition) is 5. The first kappa shape index (κ1) is 24.0. The van der Waals surface area contributed by atoms with Crippen LogP contribution in [-0.4, -0.2) is 39.1 Å². The highest BCUT2D eigenvalue weighted by atomic mass is 35.5. The Bertz CT molecular complexity index is 1190. The Balaban J connectivity index is 1.45. The second-order valence-electron chi connectivity index (χ2n) is 8.00. The summed E-state index contributed by atoms with van der Waals surface area (Å²) in [5.74, 6) is -0.337. The highest BCUT2D eigenvalue weighted by molar-refractivity contribution is 7.99. The minimum Gasteiger partial charge on any atom is -0.478 e. The van der Waals surface area contributed by atoms with Gasteiger partial charge in [-0.25, -0.2) is 14.8 Å². The van der Waals surface area contributed by atoms with Crippen molar-refractivity contribution in [2.75, 3.05) is 5.75 Å². The summed E-state index contributed by atoms with van der Waals surface area (Å²) >= 11 is 7.40. The number of amides is 1. The van der Waals surface area contributed by atoms with Crippen LogP contribution in [-0.2, 0) is 4.79 Å². The van der Waals surface area contributed by atoms with Crippen LogP contribution in [0.1, 0.15) is 54.1 Å². The Hall–Kier alpha value is -3.17. The van der Waals surface area contributed by atoms with E-state index in [1.54, 1.807) is 18.2 Å². The molecule has 8 nitrogen and oxygen atoms in total. The smallest absolute Gasteiger partial charge is 0.337 e. The summed E-state index contributed by atoms with van der Waals surface area (Å²) < 4.78 is 2.20. The Morgan fingerprint density at radius 3 is 2.65 bits per heavy atom. The number of aromatic nitrogens is 3. The average Bonchev–Trinajstić information content (AvgIpc) is 3.28. The topological polar surface area (TPSA) is 111 Å². The van der Waals surface area contributed by atoms with Gasteiger partial charge in [-0.3, -0.25) is 4.79 Å². The van der Waals surface area contributed by atoms with Gasteiger partial charge in [0.2, 0.25) is 0 Å². The maximum Gasteiger partial charge on any atom is 0.337 e. The molecule has 3 aromatic rings. The molecule has 1 amide bonds. The summed E-state index contributed by atoms with van der Waals surface area (Å²) in [7, 11) is 0. The largest absolute Gasteiger partial charge is 0.478 e. The molecular weight excluding hydrogens is 474 g/mol. The first-order chi connectivity index (χ1) is 16.5. The normalized spacial score (nSPS) is 14.4. The molecule has 4 rings (SSSR count). The minimum absolute atomic E-state index is 0.120. The molecule has 1 fully saturated rings. The Morgan fingerprint density at radius 1 is 1.18 bits per heavy atom. The van der Waals surface area contributed by atoms with Gasteiger partial charge in [-0.05, 0) is 67.8 Å². The van der Waals surface area contributed by atoms with Gasteiger partial charge < -0.3 is 5.11 Å². The highest BCUT2D eigenvalue weighted by Crippen LogP contribution is 2.29. The van der Waals surface area contributed by atoms with Crippen molar-refractivity contribution in [1.82, 2.24) is 15.6 Å². The third-order valence-corrected chi connectivity index (χ3v) is 6.88. The van der Waals surface area contributed by atoms with Gasteiger partial charge in [0.1, 0.15) is 0 Å². The van der Waals surface area contributed by atoms with Gasteiger partial charge in [-0.2, -0.15) is 5.10 Å². The van der Waals surface area contributed by atoms with E-state index in [0.717, 1.165) is 29.4 Å². The number of aromatic carboxylic acids is 1. The molecule has 0 spiro atoms. The zero-order valence-corrected chi connectivity index (χ0v) is 20.0. The number of carbonyl (C=O) groups excluding carboxylic acids is 1. The number of nitrogens with zero attached hydrogens (tertiary/aromatic N) is 3. The number of aromatic amines is 1. The van der Waals surface area contributed by atoms with Crippen LogP contribution in [0.4, 0.5) is 0 Å². The molecule has 1 aromatic heterocycles. The van der Waals surface area contributed by atoms with Crippen molar-refractivity contribution < 1.29 is 19.3 Å². The molecule has 0 aliphatic heterocycles. The van der Waals surface area contributed by atoms with Gasteiger partial charge in [0.05, 0.1) is 34.2 Å². The van der Waals surface area contributed by atoms with Gasteiger partial charge in [0, 0.05) is 10.6 Å². The number of carbonyl (C=O) groups is 2. The molecule has 3 N–H and O–H groups in total. The van der Waals surface area contributed by atoms with E-state index in [1.807, 2.05) is 24.3 Å². The van der Waals surface area contributed by atoms with Crippen molar-refractivity contribution >= 4 is 41.5 Å². The standard InChI is InChI=1S/C24H24ClN5O3S/c25-18-12-10-16(11-13-18)22-28-29-24(30(22)19-7-2-1-3-8-19)34-15-21(31)27-26-14-17-6-4-5-9-20(17)23(32)33/h4-6,9-14,19H,1-3,7-8,15H2,(H2,27,31,32,33)/p+1/b26-14+. The number of hydrazone groups is 1. The van der Waals surface area contributed by atoms with Crippen molar-refractivity contribution in [3.8, 4) is 11.4 Å². The lowest BCUT2D eigenvalue weighted by atomic mass is 9.95. The van der Waals surface area contributed by atoms with Crippen molar-refractivity contribution in [3.05, 3.63) is 64.7 Å². The lowest BCUT2D eigenvalue weighted by Gasteiger charge is -2.21. The molecular formula is C24H25ClN5O3S+. The van der Waals surface area contributed by atoms with E-state index < -0.39 is 5.97 Å². The van der Waals surface area contributed by atoms with Gasteiger partial charge in [-0.15, -0.1) is 5.10 Å². The highest BCUT2D eigenvalue weighted by Gasteiger charge is 2.30. The molecule has 0 unspecified atom stereocenters. The monoisotopic (exact) mass is 498 g/mol. The summed E-state index contributed by atoms with van der Waals surface area (Å²) in [6.07, 6.45) is 7.04. The van der Waals surface area contributed by atoms with Crippen molar-refractivity contribution in [2.45, 2.75) is 43.3 Å². The first-order valence-corrected chi connectivity index (χ1v) is 12.4. The Kier molecular flexibility index (Phi) is 7.97. The molecule has 0 saturated heterocycles. The lowest BCUT2D eigenvalue weighted by Crippen LogP contribution is -2.43. The van der Waals surface area contributed by atoms with Gasteiger partial charge in [0.15, 0.2) is 0 Å². The Morgan fingerprint density at radius 2 is 1.91 bits per heavy atom. The van der Waals surface area contributed by atoms with Crippen molar-refractivity contribution in [2.24, 2.45) is 5.10 Å². The second kappa shape index (κ2) is 11.3. The van der Waals surface area contributed by atoms with Crippen LogP contribution in [0.2, 0.25) is 5.02 Å². The van der Waals surface area contributed by atoms with Crippen molar-refractivity contribution in [3.63, 3.8) is 0 Å². The Labute approximate surface area is 206 Å². The fourth-order valence-corrected chi connectivity index (χ4v) is 4.98. The molecule has 0 bridgehead atoms. The number of thioether (sulfide) groups is 1. The number of benzene rings is 2. The lowest BCUT2D eigenvalue weighted by molar-refractivity contribution is -0.749. The maximum absolute atomic E-state index is 12.4. The first-order valence-electron chi connectivity index (χ1n) is 11.1. The molecule has 0 radical (unpaired) electrons. The van der Waals surface area contributed by atoms with E-state index in [-0.39, 0.29) is 17.2 Å². The number of carboxylic acid groups (broad SMARTS) is 1. The van der Waals surface area contributed by atoms with Crippen LogP contribution in [0.15, 0.2) is 58.8 Å². The summed E-state index contributed by atoms with van der Waals surface area (Å²) in [5, 5.41) is 22.2. The predicted octanol–water partition coefficient (Wildman–Crippen LogP) is 4.46. The summed E-state index contributed by atoms with van der Waals surface area (Å²) in [6, 6.07) is 14.4. The van der Waals surface area contributed by atoms with Crippen LogP contribution in [0.25, 0.3) is 11.4 Å². The molecule has 10 heteroatoms. The van der Waals surface area contributed by atoms with Crippen LogP contribution >= 0.6 is 23.4 Å². The van der Waals surface area contributed by atoms with Crippen molar-refractivity contribution in [1.29, 1.82) is 0 Å².